The maximum absolute atomic E-state index is 11.6. The van der Waals surface area contributed by atoms with Gasteiger partial charge < -0.3 is 9.13 Å². The number of sulfone groups is 2. The number of pyridine rings is 4. The van der Waals surface area contributed by atoms with Gasteiger partial charge in [0.25, 0.3) is 0 Å². The van der Waals surface area contributed by atoms with Gasteiger partial charge in [0.15, 0.2) is 19.7 Å². The molecule has 0 saturated heterocycles. The second-order valence-corrected chi connectivity index (χ2v) is 27.3. The Labute approximate surface area is 366 Å². The van der Waals surface area contributed by atoms with E-state index in [1.165, 1.54) is 12.5 Å². The predicted molar refractivity (Wildman–Crippen MR) is 254 cm³/mol. The number of benzene rings is 2. The van der Waals surface area contributed by atoms with Crippen LogP contribution in [0.5, 0.6) is 0 Å². The molecule has 0 amide bonds. The third-order valence-corrected chi connectivity index (χ3v) is 9.94. The van der Waals surface area contributed by atoms with E-state index in [2.05, 4.69) is 19.9 Å². The van der Waals surface area contributed by atoms with Crippen molar-refractivity contribution in [3.8, 4) is 44.8 Å². The molecule has 0 fully saturated rings. The summed E-state index contributed by atoms with van der Waals surface area (Å²) in [7, 11) is -9.74. The third-order valence-electron chi connectivity index (χ3n) is 7.27. The normalized spacial score (nSPS) is 11.2. The molecule has 322 valence electrons. The van der Waals surface area contributed by atoms with Gasteiger partial charge in [-0.05, 0) is 126 Å². The molecule has 16 heteroatoms. The molecule has 0 spiro atoms. The molecule has 0 unspecified atom stereocenters. The first-order valence-corrected chi connectivity index (χ1v) is 29.2. The van der Waals surface area contributed by atoms with Crippen LogP contribution in [0, 0.1) is 13.8 Å². The Balaban J connectivity index is 0.000000327. The van der Waals surface area contributed by atoms with Crippen molar-refractivity contribution in [1.82, 2.24) is 19.9 Å². The number of rotatable bonds is 6. The molecule has 6 rings (SSSR count). The summed E-state index contributed by atoms with van der Waals surface area (Å²) in [4.78, 5) is 18.0. The molecule has 0 atom stereocenters. The molecule has 60 heavy (non-hydrogen) atoms. The first-order chi connectivity index (χ1) is 27.7. The fraction of sp³-hybridized carbons (Fsp3) is 0.273. The van der Waals surface area contributed by atoms with Crippen molar-refractivity contribution < 1.29 is 26.0 Å². The molecule has 0 aliphatic heterocycles. The van der Waals surface area contributed by atoms with Crippen molar-refractivity contribution in [2.24, 2.45) is 0 Å². The molecule has 4 aromatic heterocycles. The van der Waals surface area contributed by atoms with Gasteiger partial charge in [-0.3, -0.25) is 19.9 Å². The lowest BCUT2D eigenvalue weighted by atomic mass is 10.0. The lowest BCUT2D eigenvalue weighted by molar-refractivity contribution is 0.585. The van der Waals surface area contributed by atoms with Crippen molar-refractivity contribution in [3.63, 3.8) is 0 Å². The lowest BCUT2D eigenvalue weighted by Crippen LogP contribution is -1.97. The van der Waals surface area contributed by atoms with E-state index >= 15 is 0 Å². The van der Waals surface area contributed by atoms with Gasteiger partial charge in [-0.15, -0.1) is 0 Å². The van der Waals surface area contributed by atoms with E-state index < -0.39 is 34.0 Å². The molecular formula is C44H54Cl2N4O6P2S2. The number of hydrogen-bond acceptors (Lipinski definition) is 10. The highest BCUT2D eigenvalue weighted by Crippen LogP contribution is 2.34. The minimum atomic E-state index is -3.23. The van der Waals surface area contributed by atoms with Gasteiger partial charge in [0.2, 0.25) is 0 Å². The Bertz CT molecular complexity index is 2450. The van der Waals surface area contributed by atoms with E-state index in [0.29, 0.717) is 10.0 Å². The van der Waals surface area contributed by atoms with Crippen LogP contribution in [0.3, 0.4) is 0 Å². The molecule has 10 nitrogen and oxygen atoms in total. The number of halogens is 2. The van der Waals surface area contributed by atoms with Crippen LogP contribution in [-0.2, 0) is 28.8 Å². The SMILES string of the molecule is CC.CP(C)(C)=O.CP(C)(C)=O.Cc1ccc(-c2ncc(Cl)cc2-c2ccc(S(C)(=O)=O)cc2)cn1.Cc1ccc(-c2ncc(Cl)cc2-c2ccc(S(C)(=O)=O)cc2)cn1. The highest BCUT2D eigenvalue weighted by molar-refractivity contribution is 7.91. The summed E-state index contributed by atoms with van der Waals surface area (Å²) in [6.45, 7) is 18.3. The summed E-state index contributed by atoms with van der Waals surface area (Å²) in [5.41, 5.74) is 8.43. The predicted octanol–water partition coefficient (Wildman–Crippen LogP) is 11.9. The molecule has 0 N–H and O–H groups in total. The second-order valence-electron chi connectivity index (χ2n) is 14.8. The fourth-order valence-corrected chi connectivity index (χ4v) is 6.33. The zero-order valence-corrected chi connectivity index (χ0v) is 41.0. The van der Waals surface area contributed by atoms with Gasteiger partial charge in [-0.25, -0.2) is 16.8 Å². The quantitative estimate of drug-likeness (QED) is 0.147. The van der Waals surface area contributed by atoms with E-state index in [0.717, 1.165) is 56.2 Å². The zero-order valence-electron chi connectivity index (χ0n) is 36.1. The molecule has 0 aliphatic rings. The molecule has 2 aromatic carbocycles. The first-order valence-electron chi connectivity index (χ1n) is 18.5. The number of aromatic nitrogens is 4. The molecule has 0 radical (unpaired) electrons. The van der Waals surface area contributed by atoms with Crippen molar-refractivity contribution >= 4 is 57.2 Å². The summed E-state index contributed by atoms with van der Waals surface area (Å²) in [5.74, 6) is 0. The van der Waals surface area contributed by atoms with Crippen molar-refractivity contribution in [2.75, 3.05) is 52.5 Å². The summed E-state index contributed by atoms with van der Waals surface area (Å²) < 4.78 is 66.9. The first kappa shape index (κ1) is 52.1. The van der Waals surface area contributed by atoms with Crippen LogP contribution >= 0.6 is 37.5 Å². The highest BCUT2D eigenvalue weighted by Gasteiger charge is 2.14. The number of nitrogens with zero attached hydrogens (tertiary/aromatic N) is 4. The Morgan fingerprint density at radius 2 is 0.717 bits per heavy atom. The Morgan fingerprint density at radius 1 is 0.450 bits per heavy atom. The van der Waals surface area contributed by atoms with Gasteiger partial charge in [-0.1, -0.05) is 61.3 Å². The maximum Gasteiger partial charge on any atom is 0.175 e. The van der Waals surface area contributed by atoms with Gasteiger partial charge in [-0.2, -0.15) is 0 Å². The van der Waals surface area contributed by atoms with E-state index in [-0.39, 0.29) is 9.79 Å². The van der Waals surface area contributed by atoms with Gasteiger partial charge >= 0.3 is 0 Å². The van der Waals surface area contributed by atoms with Crippen molar-refractivity contribution in [2.45, 2.75) is 37.5 Å². The van der Waals surface area contributed by atoms with Crippen LogP contribution < -0.4 is 0 Å². The fourth-order valence-electron chi connectivity index (χ4n) is 4.76. The summed E-state index contributed by atoms with van der Waals surface area (Å²) in [5, 5.41) is 1.03. The zero-order chi connectivity index (χ0) is 45.6. The summed E-state index contributed by atoms with van der Waals surface area (Å²) >= 11 is 12.2. The van der Waals surface area contributed by atoms with Crippen LogP contribution in [0.25, 0.3) is 44.8 Å². The molecule has 0 aliphatic carbocycles. The van der Waals surface area contributed by atoms with Crippen molar-refractivity contribution in [3.05, 3.63) is 131 Å². The van der Waals surface area contributed by atoms with Crippen LogP contribution in [0.15, 0.2) is 120 Å². The number of aryl methyl sites for hydroxylation is 2. The largest absolute Gasteiger partial charge is 0.324 e. The van der Waals surface area contributed by atoms with E-state index in [9.17, 15) is 26.0 Å². The molecule has 0 saturated carbocycles. The molecule has 4 heterocycles. The van der Waals surface area contributed by atoms with Crippen LogP contribution in [-0.4, -0.2) is 89.3 Å². The summed E-state index contributed by atoms with van der Waals surface area (Å²) in [6, 6.07) is 24.8. The Hall–Kier alpha value is -4.02. The van der Waals surface area contributed by atoms with E-state index in [1.807, 2.05) is 64.1 Å². The second kappa shape index (κ2) is 22.7. The van der Waals surface area contributed by atoms with Crippen molar-refractivity contribution in [1.29, 1.82) is 0 Å². The smallest absolute Gasteiger partial charge is 0.175 e. The summed E-state index contributed by atoms with van der Waals surface area (Å²) in [6.07, 6.45) is 9.08. The minimum Gasteiger partial charge on any atom is -0.324 e. The van der Waals surface area contributed by atoms with Gasteiger partial charge in [0.1, 0.15) is 0 Å². The van der Waals surface area contributed by atoms with Gasteiger partial charge in [0, 0.05) is 70.9 Å². The molecule has 6 aromatic rings. The van der Waals surface area contributed by atoms with Crippen LogP contribution in [0.2, 0.25) is 10.0 Å². The average Bonchev–Trinajstić information content (AvgIpc) is 3.15. The topological polar surface area (TPSA) is 154 Å². The lowest BCUT2D eigenvalue weighted by Gasteiger charge is -2.10. The molecular weight excluding hydrogens is 877 g/mol. The standard InChI is InChI=1S/2C18H15ClN2O2S.2C3H9OP.C2H6/c2*1-12-3-4-14(10-20-12)18-17(9-15(19)11-21-18)13-5-7-16(8-6-13)24(2,22)23;2*1-5(2,3)4;1-2/h2*3-11H,1-2H3;2*1-3H3;1-2H3. The molecule has 0 bridgehead atoms. The Morgan fingerprint density at radius 3 is 0.950 bits per heavy atom. The van der Waals surface area contributed by atoms with E-state index in [1.54, 1.807) is 113 Å². The Kier molecular flexibility index (Phi) is 19.7. The monoisotopic (exact) mass is 930 g/mol. The average molecular weight is 932 g/mol. The van der Waals surface area contributed by atoms with Crippen LogP contribution in [0.4, 0.5) is 0 Å². The maximum atomic E-state index is 11.6. The van der Waals surface area contributed by atoms with Crippen LogP contribution in [0.1, 0.15) is 25.2 Å². The number of hydrogen-bond donors (Lipinski definition) is 0. The van der Waals surface area contributed by atoms with E-state index in [4.69, 9.17) is 23.2 Å². The minimum absolute atomic E-state index is 0.278. The van der Waals surface area contributed by atoms with Gasteiger partial charge in [0.05, 0.1) is 45.5 Å². The third kappa shape index (κ3) is 18.7. The highest BCUT2D eigenvalue weighted by atomic mass is 35.5.